The molecule has 0 saturated carbocycles. The molecule has 116 valence electrons. The summed E-state index contributed by atoms with van der Waals surface area (Å²) in [7, 11) is 0. The van der Waals surface area contributed by atoms with E-state index in [9.17, 15) is 19.5 Å². The minimum Gasteiger partial charge on any atom is -0.478 e. The Kier molecular flexibility index (Phi) is 4.59. The number of carbonyl (C=O) groups is 3. The SMILES string of the molecule is O=C(O)C(C(=O)O)=C(C(=O)O)C(CCC1CO1)CC1CO1. The predicted octanol–water partition coefficient (Wildman–Crippen LogP) is 0.121. The molecule has 2 saturated heterocycles. The molecule has 2 rings (SSSR count). The monoisotopic (exact) mass is 300 g/mol. The molecule has 3 atom stereocenters. The van der Waals surface area contributed by atoms with E-state index in [1.807, 2.05) is 0 Å². The number of epoxide rings is 2. The van der Waals surface area contributed by atoms with Crippen LogP contribution in [0.2, 0.25) is 0 Å². The highest BCUT2D eigenvalue weighted by Gasteiger charge is 2.37. The van der Waals surface area contributed by atoms with Crippen molar-refractivity contribution in [2.45, 2.75) is 31.5 Å². The molecular formula is C13H16O8. The van der Waals surface area contributed by atoms with Crippen molar-refractivity contribution in [1.29, 1.82) is 0 Å². The zero-order valence-corrected chi connectivity index (χ0v) is 11.2. The first-order valence-electron chi connectivity index (χ1n) is 6.57. The van der Waals surface area contributed by atoms with Gasteiger partial charge in [0.25, 0.3) is 0 Å². The Morgan fingerprint density at radius 1 is 0.952 bits per heavy atom. The maximum Gasteiger partial charge on any atom is 0.343 e. The number of aliphatic carboxylic acids is 3. The molecule has 0 spiro atoms. The van der Waals surface area contributed by atoms with E-state index in [2.05, 4.69) is 0 Å². The largest absolute Gasteiger partial charge is 0.478 e. The van der Waals surface area contributed by atoms with Gasteiger partial charge in [0.1, 0.15) is 0 Å². The zero-order valence-electron chi connectivity index (χ0n) is 11.2. The molecule has 0 aromatic carbocycles. The molecule has 0 aromatic rings. The lowest BCUT2D eigenvalue weighted by molar-refractivity contribution is -0.142. The van der Waals surface area contributed by atoms with Gasteiger partial charge in [-0.2, -0.15) is 0 Å². The predicted molar refractivity (Wildman–Crippen MR) is 66.8 cm³/mol. The quantitative estimate of drug-likeness (QED) is 0.236. The van der Waals surface area contributed by atoms with Crippen LogP contribution in [0.15, 0.2) is 11.1 Å². The third-order valence-electron chi connectivity index (χ3n) is 3.52. The Balaban J connectivity index is 2.27. The van der Waals surface area contributed by atoms with Gasteiger partial charge in [-0.3, -0.25) is 0 Å². The molecule has 3 N–H and O–H groups in total. The molecular weight excluding hydrogens is 284 g/mol. The zero-order chi connectivity index (χ0) is 15.6. The van der Waals surface area contributed by atoms with Gasteiger partial charge in [-0.25, -0.2) is 14.4 Å². The number of hydrogen-bond donors (Lipinski definition) is 3. The molecule has 2 fully saturated rings. The summed E-state index contributed by atoms with van der Waals surface area (Å²) in [6.07, 6.45) is 1.16. The molecule has 8 nitrogen and oxygen atoms in total. The molecule has 2 heterocycles. The molecule has 0 aliphatic carbocycles. The number of carboxylic acid groups (broad SMARTS) is 3. The molecule has 3 unspecified atom stereocenters. The highest BCUT2D eigenvalue weighted by atomic mass is 16.6. The van der Waals surface area contributed by atoms with Crippen LogP contribution in [0.5, 0.6) is 0 Å². The standard InChI is InChI=1S/C13H16O8/c14-11(15)9(10(12(16)17)13(18)19)6(3-8-5-21-8)1-2-7-4-20-7/h6-8H,1-5H2,(H,14,15)(H,16,17)(H,18,19). The lowest BCUT2D eigenvalue weighted by atomic mass is 9.86. The summed E-state index contributed by atoms with van der Waals surface area (Å²) in [5.41, 5.74) is -1.64. The fourth-order valence-corrected chi connectivity index (χ4v) is 2.33. The topological polar surface area (TPSA) is 137 Å². The van der Waals surface area contributed by atoms with Crippen LogP contribution < -0.4 is 0 Å². The van der Waals surface area contributed by atoms with Gasteiger partial charge in [-0.15, -0.1) is 0 Å². The van der Waals surface area contributed by atoms with E-state index < -0.39 is 35.0 Å². The Morgan fingerprint density at radius 2 is 1.48 bits per heavy atom. The maximum atomic E-state index is 11.4. The average Bonchev–Trinajstić information content (AvgIpc) is 3.23. The van der Waals surface area contributed by atoms with Gasteiger partial charge >= 0.3 is 17.9 Å². The number of rotatable bonds is 9. The molecule has 0 aromatic heterocycles. The van der Waals surface area contributed by atoms with E-state index in [0.29, 0.717) is 32.5 Å². The molecule has 0 bridgehead atoms. The maximum absolute atomic E-state index is 11.4. The van der Waals surface area contributed by atoms with Crippen LogP contribution in [0.3, 0.4) is 0 Å². The first-order chi connectivity index (χ1) is 9.90. The van der Waals surface area contributed by atoms with Crippen molar-refractivity contribution >= 4 is 17.9 Å². The summed E-state index contributed by atoms with van der Waals surface area (Å²) >= 11 is 0. The summed E-state index contributed by atoms with van der Waals surface area (Å²) < 4.78 is 10.1. The summed E-state index contributed by atoms with van der Waals surface area (Å²) in [6, 6.07) is 0. The van der Waals surface area contributed by atoms with E-state index in [1.54, 1.807) is 0 Å². The fraction of sp³-hybridized carbons (Fsp3) is 0.615. The van der Waals surface area contributed by atoms with Gasteiger partial charge < -0.3 is 24.8 Å². The van der Waals surface area contributed by atoms with Crippen LogP contribution in [0.25, 0.3) is 0 Å². The first-order valence-corrected chi connectivity index (χ1v) is 6.57. The summed E-state index contributed by atoms with van der Waals surface area (Å²) in [4.78, 5) is 33.6. The van der Waals surface area contributed by atoms with E-state index in [-0.39, 0.29) is 12.2 Å². The first kappa shape index (κ1) is 15.5. The number of ether oxygens (including phenoxy) is 2. The minimum absolute atomic E-state index is 0.0563. The van der Waals surface area contributed by atoms with Crippen molar-refractivity contribution in [3.63, 3.8) is 0 Å². The molecule has 2 aliphatic heterocycles. The van der Waals surface area contributed by atoms with Crippen LogP contribution in [0.1, 0.15) is 19.3 Å². The van der Waals surface area contributed by atoms with Crippen molar-refractivity contribution in [2.24, 2.45) is 5.92 Å². The van der Waals surface area contributed by atoms with E-state index in [1.165, 1.54) is 0 Å². The molecule has 8 heteroatoms. The smallest absolute Gasteiger partial charge is 0.343 e. The number of hydrogen-bond acceptors (Lipinski definition) is 5. The van der Waals surface area contributed by atoms with Gasteiger partial charge in [0.15, 0.2) is 5.57 Å². The molecule has 21 heavy (non-hydrogen) atoms. The van der Waals surface area contributed by atoms with Crippen molar-refractivity contribution in [1.82, 2.24) is 0 Å². The Morgan fingerprint density at radius 3 is 1.86 bits per heavy atom. The normalized spacial score (nSPS) is 24.0. The fourth-order valence-electron chi connectivity index (χ4n) is 2.33. The van der Waals surface area contributed by atoms with E-state index in [0.717, 1.165) is 0 Å². The summed E-state index contributed by atoms with van der Waals surface area (Å²) in [6.45, 7) is 1.09. The average molecular weight is 300 g/mol. The highest BCUT2D eigenvalue weighted by molar-refractivity contribution is 6.17. The van der Waals surface area contributed by atoms with Crippen molar-refractivity contribution in [3.8, 4) is 0 Å². The van der Waals surface area contributed by atoms with Crippen LogP contribution in [-0.4, -0.2) is 58.6 Å². The lowest BCUT2D eigenvalue weighted by Gasteiger charge is -2.17. The Labute approximate surface area is 120 Å². The number of carboxylic acids is 3. The van der Waals surface area contributed by atoms with Crippen LogP contribution in [0.4, 0.5) is 0 Å². The van der Waals surface area contributed by atoms with Crippen molar-refractivity contribution in [3.05, 3.63) is 11.1 Å². The van der Waals surface area contributed by atoms with E-state index >= 15 is 0 Å². The summed E-state index contributed by atoms with van der Waals surface area (Å²) in [5.74, 6) is -5.69. The van der Waals surface area contributed by atoms with Gasteiger partial charge in [-0.05, 0) is 25.2 Å². The van der Waals surface area contributed by atoms with E-state index in [4.69, 9.17) is 19.7 Å². The molecule has 0 amide bonds. The van der Waals surface area contributed by atoms with Gasteiger partial charge in [0.05, 0.1) is 31.0 Å². The van der Waals surface area contributed by atoms with Gasteiger partial charge in [0.2, 0.25) is 0 Å². The Bertz CT molecular complexity index is 470. The second-order valence-corrected chi connectivity index (χ2v) is 5.12. The minimum atomic E-state index is -1.75. The lowest BCUT2D eigenvalue weighted by Crippen LogP contribution is -2.24. The Hall–Kier alpha value is -1.93. The van der Waals surface area contributed by atoms with Crippen molar-refractivity contribution in [2.75, 3.05) is 13.2 Å². The van der Waals surface area contributed by atoms with Crippen molar-refractivity contribution < 1.29 is 39.2 Å². The van der Waals surface area contributed by atoms with Crippen LogP contribution in [0, 0.1) is 5.92 Å². The molecule has 0 radical (unpaired) electrons. The van der Waals surface area contributed by atoms with Crippen LogP contribution >= 0.6 is 0 Å². The van der Waals surface area contributed by atoms with Crippen LogP contribution in [-0.2, 0) is 23.9 Å². The van der Waals surface area contributed by atoms with Gasteiger partial charge in [0, 0.05) is 0 Å². The second-order valence-electron chi connectivity index (χ2n) is 5.12. The third kappa shape index (κ3) is 4.27. The summed E-state index contributed by atoms with van der Waals surface area (Å²) in [5, 5.41) is 27.3. The second kappa shape index (κ2) is 6.23. The highest BCUT2D eigenvalue weighted by Crippen LogP contribution is 2.32. The van der Waals surface area contributed by atoms with Gasteiger partial charge in [-0.1, -0.05) is 0 Å². The third-order valence-corrected chi connectivity index (χ3v) is 3.52. The molecule has 2 aliphatic rings.